The van der Waals surface area contributed by atoms with Gasteiger partial charge in [0.2, 0.25) is 0 Å². The summed E-state index contributed by atoms with van der Waals surface area (Å²) in [7, 11) is 1.37. The molecule has 1 saturated heterocycles. The minimum atomic E-state index is -0.384. The highest BCUT2D eigenvalue weighted by Crippen LogP contribution is 2.22. The summed E-state index contributed by atoms with van der Waals surface area (Å²) in [5.41, 5.74) is 2.06. The summed E-state index contributed by atoms with van der Waals surface area (Å²) < 4.78 is 4.59. The van der Waals surface area contributed by atoms with Crippen LogP contribution in [0.1, 0.15) is 17.5 Å². The zero-order valence-corrected chi connectivity index (χ0v) is 11.3. The second-order valence-electron chi connectivity index (χ2n) is 4.99. The van der Waals surface area contributed by atoms with Crippen molar-refractivity contribution in [3.8, 4) is 5.75 Å². The molecule has 2 rings (SSSR count). The zero-order chi connectivity index (χ0) is 13.8. The van der Waals surface area contributed by atoms with Crippen molar-refractivity contribution in [3.63, 3.8) is 0 Å². The van der Waals surface area contributed by atoms with Crippen molar-refractivity contribution in [1.82, 2.24) is 10.2 Å². The number of nitrogens with zero attached hydrogens (tertiary/aromatic N) is 1. The van der Waals surface area contributed by atoms with Crippen LogP contribution in [0, 0.1) is 6.92 Å². The van der Waals surface area contributed by atoms with E-state index in [0.717, 1.165) is 30.6 Å². The molecule has 1 atom stereocenters. The fourth-order valence-corrected chi connectivity index (χ4v) is 2.40. The first-order valence-electron chi connectivity index (χ1n) is 6.44. The number of amides is 1. The van der Waals surface area contributed by atoms with E-state index in [1.807, 2.05) is 19.1 Å². The first-order valence-corrected chi connectivity index (χ1v) is 6.44. The molecule has 1 fully saturated rings. The maximum atomic E-state index is 11.1. The number of alkyl carbamates (subject to hydrolysis) is 1. The number of benzene rings is 1. The predicted molar refractivity (Wildman–Crippen MR) is 72.1 cm³/mol. The Hall–Kier alpha value is -1.75. The highest BCUT2D eigenvalue weighted by molar-refractivity contribution is 5.67. The van der Waals surface area contributed by atoms with Gasteiger partial charge in [0, 0.05) is 31.2 Å². The normalized spacial score (nSPS) is 19.4. The average molecular weight is 264 g/mol. The van der Waals surface area contributed by atoms with Gasteiger partial charge in [0.25, 0.3) is 0 Å². The highest BCUT2D eigenvalue weighted by atomic mass is 16.5. The third-order valence-electron chi connectivity index (χ3n) is 3.41. The van der Waals surface area contributed by atoms with E-state index < -0.39 is 0 Å². The van der Waals surface area contributed by atoms with Gasteiger partial charge < -0.3 is 15.2 Å². The van der Waals surface area contributed by atoms with E-state index in [1.54, 1.807) is 6.07 Å². The Morgan fingerprint density at radius 1 is 1.58 bits per heavy atom. The van der Waals surface area contributed by atoms with E-state index >= 15 is 0 Å². The molecule has 1 aliphatic heterocycles. The molecular formula is C14H20N2O3. The number of phenols is 1. The number of nitrogens with one attached hydrogen (secondary N) is 1. The lowest BCUT2D eigenvalue weighted by Crippen LogP contribution is -2.36. The molecule has 104 valence electrons. The van der Waals surface area contributed by atoms with Gasteiger partial charge in [-0.05, 0) is 19.4 Å². The van der Waals surface area contributed by atoms with Crippen LogP contribution in [0.3, 0.4) is 0 Å². The Balaban J connectivity index is 1.91. The lowest BCUT2D eigenvalue weighted by atomic mass is 10.1. The number of rotatable bonds is 3. The van der Waals surface area contributed by atoms with Gasteiger partial charge in [-0.25, -0.2) is 4.79 Å². The average Bonchev–Trinajstić information content (AvgIpc) is 2.81. The Kier molecular flexibility index (Phi) is 4.27. The van der Waals surface area contributed by atoms with Gasteiger partial charge in [0.15, 0.2) is 0 Å². The van der Waals surface area contributed by atoms with E-state index in [-0.39, 0.29) is 12.1 Å². The smallest absolute Gasteiger partial charge is 0.407 e. The standard InChI is InChI=1S/C14H20N2O3/c1-10-3-4-13(17)11(7-10)8-16-6-5-12(9-16)15-14(18)19-2/h3-4,7,12,17H,5-6,8-9H2,1-2H3,(H,15,18). The van der Waals surface area contributed by atoms with Crippen molar-refractivity contribution >= 4 is 6.09 Å². The molecule has 5 heteroatoms. The summed E-state index contributed by atoms with van der Waals surface area (Å²) in [6.45, 7) is 4.39. The molecule has 1 aromatic rings. The van der Waals surface area contributed by atoms with Gasteiger partial charge >= 0.3 is 6.09 Å². The minimum absolute atomic E-state index is 0.124. The Morgan fingerprint density at radius 3 is 3.11 bits per heavy atom. The molecule has 1 aliphatic rings. The summed E-state index contributed by atoms with van der Waals surface area (Å²) >= 11 is 0. The first-order chi connectivity index (χ1) is 9.08. The molecule has 0 aromatic heterocycles. The number of carbonyl (C=O) groups excluding carboxylic acids is 1. The molecule has 1 amide bonds. The van der Waals surface area contributed by atoms with Crippen LogP contribution in [0.2, 0.25) is 0 Å². The summed E-state index contributed by atoms with van der Waals surface area (Å²) in [5.74, 6) is 0.329. The molecule has 1 aromatic carbocycles. The van der Waals surface area contributed by atoms with Gasteiger partial charge in [-0.15, -0.1) is 0 Å². The topological polar surface area (TPSA) is 61.8 Å². The molecule has 5 nitrogen and oxygen atoms in total. The Labute approximate surface area is 113 Å². The molecule has 2 N–H and O–H groups in total. The molecule has 0 bridgehead atoms. The van der Waals surface area contributed by atoms with Crippen LogP contribution in [0.5, 0.6) is 5.75 Å². The van der Waals surface area contributed by atoms with Gasteiger partial charge in [0.1, 0.15) is 5.75 Å². The number of aryl methyl sites for hydroxylation is 1. The number of ether oxygens (including phenoxy) is 1. The number of hydrogen-bond acceptors (Lipinski definition) is 4. The lowest BCUT2D eigenvalue weighted by Gasteiger charge is -2.17. The molecule has 0 saturated carbocycles. The third-order valence-corrected chi connectivity index (χ3v) is 3.41. The van der Waals surface area contributed by atoms with Crippen molar-refractivity contribution in [1.29, 1.82) is 0 Å². The molecule has 1 unspecified atom stereocenters. The fourth-order valence-electron chi connectivity index (χ4n) is 2.40. The molecule has 0 radical (unpaired) electrons. The quantitative estimate of drug-likeness (QED) is 0.871. The van der Waals surface area contributed by atoms with Gasteiger partial charge in [-0.3, -0.25) is 4.90 Å². The summed E-state index contributed by atoms with van der Waals surface area (Å²) in [6, 6.07) is 5.74. The maximum Gasteiger partial charge on any atom is 0.407 e. The summed E-state index contributed by atoms with van der Waals surface area (Å²) in [4.78, 5) is 13.4. The largest absolute Gasteiger partial charge is 0.508 e. The number of carbonyl (C=O) groups is 1. The maximum absolute atomic E-state index is 11.1. The summed E-state index contributed by atoms with van der Waals surface area (Å²) in [5, 5.41) is 12.6. The van der Waals surface area contributed by atoms with Gasteiger partial charge in [0.05, 0.1) is 7.11 Å². The zero-order valence-electron chi connectivity index (χ0n) is 11.3. The lowest BCUT2D eigenvalue weighted by molar-refractivity contribution is 0.166. The number of phenolic OH excluding ortho intramolecular Hbond substituents is 1. The van der Waals surface area contributed by atoms with E-state index in [1.165, 1.54) is 7.11 Å². The van der Waals surface area contributed by atoms with E-state index in [2.05, 4.69) is 15.0 Å². The van der Waals surface area contributed by atoms with Crippen molar-refractivity contribution in [2.75, 3.05) is 20.2 Å². The van der Waals surface area contributed by atoms with E-state index in [4.69, 9.17) is 0 Å². The number of hydrogen-bond donors (Lipinski definition) is 2. The van der Waals surface area contributed by atoms with Crippen molar-refractivity contribution in [3.05, 3.63) is 29.3 Å². The number of methoxy groups -OCH3 is 1. The SMILES string of the molecule is COC(=O)NC1CCN(Cc2cc(C)ccc2O)C1. The number of likely N-dealkylation sites (tertiary alicyclic amines) is 1. The fraction of sp³-hybridized carbons (Fsp3) is 0.500. The van der Waals surface area contributed by atoms with Crippen molar-refractivity contribution < 1.29 is 14.6 Å². The second kappa shape index (κ2) is 5.93. The van der Waals surface area contributed by atoms with Crippen LogP contribution in [-0.4, -0.2) is 42.3 Å². The third kappa shape index (κ3) is 3.61. The molecule has 0 aliphatic carbocycles. The molecule has 0 spiro atoms. The molecule has 19 heavy (non-hydrogen) atoms. The van der Waals surface area contributed by atoms with Crippen LogP contribution in [-0.2, 0) is 11.3 Å². The van der Waals surface area contributed by atoms with Crippen LogP contribution >= 0.6 is 0 Å². The predicted octanol–water partition coefficient (Wildman–Crippen LogP) is 1.63. The first kappa shape index (κ1) is 13.7. The van der Waals surface area contributed by atoms with Crippen LogP contribution in [0.15, 0.2) is 18.2 Å². The summed E-state index contributed by atoms with van der Waals surface area (Å²) in [6.07, 6.45) is 0.520. The van der Waals surface area contributed by atoms with Crippen LogP contribution in [0.4, 0.5) is 4.79 Å². The van der Waals surface area contributed by atoms with Crippen LogP contribution < -0.4 is 5.32 Å². The highest BCUT2D eigenvalue weighted by Gasteiger charge is 2.24. The van der Waals surface area contributed by atoms with E-state index in [0.29, 0.717) is 12.3 Å². The Bertz CT molecular complexity index is 462. The van der Waals surface area contributed by atoms with Gasteiger partial charge in [-0.1, -0.05) is 17.7 Å². The van der Waals surface area contributed by atoms with Gasteiger partial charge in [-0.2, -0.15) is 0 Å². The van der Waals surface area contributed by atoms with E-state index in [9.17, 15) is 9.90 Å². The van der Waals surface area contributed by atoms with Crippen LogP contribution in [0.25, 0.3) is 0 Å². The molecular weight excluding hydrogens is 244 g/mol. The minimum Gasteiger partial charge on any atom is -0.508 e. The Morgan fingerprint density at radius 2 is 2.37 bits per heavy atom. The van der Waals surface area contributed by atoms with Crippen molar-refractivity contribution in [2.45, 2.75) is 25.9 Å². The second-order valence-corrected chi connectivity index (χ2v) is 4.99. The molecule has 1 heterocycles. The monoisotopic (exact) mass is 264 g/mol. The number of aromatic hydroxyl groups is 1. The van der Waals surface area contributed by atoms with Crippen molar-refractivity contribution in [2.24, 2.45) is 0 Å².